The first-order chi connectivity index (χ1) is 12.8. The Kier molecular flexibility index (Phi) is 5.58. The van der Waals surface area contributed by atoms with Crippen LogP contribution in [0.3, 0.4) is 0 Å². The van der Waals surface area contributed by atoms with Crippen LogP contribution in [0.5, 0.6) is 0 Å². The zero-order chi connectivity index (χ0) is 17.8. The van der Waals surface area contributed by atoms with Gasteiger partial charge >= 0.3 is 0 Å². The Labute approximate surface area is 156 Å². The van der Waals surface area contributed by atoms with Crippen molar-refractivity contribution < 1.29 is 0 Å². The molecule has 5 nitrogen and oxygen atoms in total. The molecule has 2 fully saturated rings. The molecule has 2 saturated heterocycles. The summed E-state index contributed by atoms with van der Waals surface area (Å²) < 4.78 is 0. The SMILES string of the molecule is CN1CCN(Cc2ccccc2-c2cnc(C3CCCNC3)nc2)CC1. The maximum Gasteiger partial charge on any atom is 0.132 e. The first-order valence-electron chi connectivity index (χ1n) is 9.81. The van der Waals surface area contributed by atoms with E-state index in [0.29, 0.717) is 5.92 Å². The molecule has 3 heterocycles. The molecule has 0 aliphatic carbocycles. The van der Waals surface area contributed by atoms with Gasteiger partial charge in [0.15, 0.2) is 0 Å². The second-order valence-corrected chi connectivity index (χ2v) is 7.61. The van der Waals surface area contributed by atoms with Gasteiger partial charge in [-0.05, 0) is 37.6 Å². The molecule has 138 valence electrons. The van der Waals surface area contributed by atoms with Gasteiger partial charge in [-0.25, -0.2) is 9.97 Å². The monoisotopic (exact) mass is 351 g/mol. The van der Waals surface area contributed by atoms with E-state index in [1.165, 1.54) is 24.0 Å². The molecule has 1 unspecified atom stereocenters. The highest BCUT2D eigenvalue weighted by molar-refractivity contribution is 5.65. The van der Waals surface area contributed by atoms with Crippen molar-refractivity contribution in [1.29, 1.82) is 0 Å². The summed E-state index contributed by atoms with van der Waals surface area (Å²) in [5.74, 6) is 1.44. The number of piperidine rings is 1. The van der Waals surface area contributed by atoms with Crippen LogP contribution < -0.4 is 5.32 Å². The van der Waals surface area contributed by atoms with Gasteiger partial charge in [-0.3, -0.25) is 4.90 Å². The highest BCUT2D eigenvalue weighted by Crippen LogP contribution is 2.26. The van der Waals surface area contributed by atoms with Gasteiger partial charge in [-0.15, -0.1) is 0 Å². The zero-order valence-electron chi connectivity index (χ0n) is 15.7. The number of benzene rings is 1. The van der Waals surface area contributed by atoms with E-state index in [1.54, 1.807) is 0 Å². The summed E-state index contributed by atoms with van der Waals surface area (Å²) in [5.41, 5.74) is 3.76. The molecule has 1 N–H and O–H groups in total. The minimum atomic E-state index is 0.457. The molecule has 0 radical (unpaired) electrons. The molecular weight excluding hydrogens is 322 g/mol. The molecule has 5 heteroatoms. The molecule has 0 amide bonds. The van der Waals surface area contributed by atoms with E-state index in [4.69, 9.17) is 9.97 Å². The van der Waals surface area contributed by atoms with Gasteiger partial charge in [0.2, 0.25) is 0 Å². The number of nitrogens with zero attached hydrogens (tertiary/aromatic N) is 4. The topological polar surface area (TPSA) is 44.3 Å². The number of aromatic nitrogens is 2. The van der Waals surface area contributed by atoms with Crippen molar-refractivity contribution in [2.24, 2.45) is 0 Å². The van der Waals surface area contributed by atoms with Crippen molar-refractivity contribution in [1.82, 2.24) is 25.1 Å². The van der Waals surface area contributed by atoms with Crippen LogP contribution in [0, 0.1) is 0 Å². The second kappa shape index (κ2) is 8.25. The molecule has 0 bridgehead atoms. The van der Waals surface area contributed by atoms with Gasteiger partial charge in [-0.2, -0.15) is 0 Å². The molecule has 0 saturated carbocycles. The molecule has 26 heavy (non-hydrogen) atoms. The van der Waals surface area contributed by atoms with E-state index in [2.05, 4.69) is 46.4 Å². The van der Waals surface area contributed by atoms with Gasteiger partial charge in [-0.1, -0.05) is 24.3 Å². The summed E-state index contributed by atoms with van der Waals surface area (Å²) in [6, 6.07) is 8.69. The summed E-state index contributed by atoms with van der Waals surface area (Å²) in [4.78, 5) is 14.4. The summed E-state index contributed by atoms with van der Waals surface area (Å²) >= 11 is 0. The lowest BCUT2D eigenvalue weighted by Gasteiger charge is -2.32. The largest absolute Gasteiger partial charge is 0.316 e. The van der Waals surface area contributed by atoms with E-state index < -0.39 is 0 Å². The van der Waals surface area contributed by atoms with Crippen LogP contribution in [0.1, 0.15) is 30.1 Å². The Balaban J connectivity index is 1.50. The Morgan fingerprint density at radius 1 is 1.08 bits per heavy atom. The average Bonchev–Trinajstić information content (AvgIpc) is 2.71. The van der Waals surface area contributed by atoms with Crippen molar-refractivity contribution in [2.75, 3.05) is 46.3 Å². The Hall–Kier alpha value is -1.82. The Bertz CT molecular complexity index is 701. The highest BCUT2D eigenvalue weighted by Gasteiger charge is 2.19. The van der Waals surface area contributed by atoms with Gasteiger partial charge in [0.05, 0.1) is 0 Å². The number of nitrogens with one attached hydrogen (secondary N) is 1. The third kappa shape index (κ3) is 4.11. The maximum absolute atomic E-state index is 4.71. The smallest absolute Gasteiger partial charge is 0.132 e. The predicted molar refractivity (Wildman–Crippen MR) is 105 cm³/mol. The van der Waals surface area contributed by atoms with Crippen LogP contribution >= 0.6 is 0 Å². The van der Waals surface area contributed by atoms with Crippen molar-refractivity contribution in [3.8, 4) is 11.1 Å². The fourth-order valence-electron chi connectivity index (χ4n) is 3.95. The van der Waals surface area contributed by atoms with Crippen LogP contribution in [-0.2, 0) is 6.54 Å². The fraction of sp³-hybridized carbons (Fsp3) is 0.524. The van der Waals surface area contributed by atoms with E-state index >= 15 is 0 Å². The molecule has 4 rings (SSSR count). The molecule has 1 atom stereocenters. The highest BCUT2D eigenvalue weighted by atomic mass is 15.2. The summed E-state index contributed by atoms with van der Waals surface area (Å²) in [5, 5.41) is 3.45. The van der Waals surface area contributed by atoms with E-state index in [9.17, 15) is 0 Å². The third-order valence-corrected chi connectivity index (χ3v) is 5.65. The number of likely N-dealkylation sites (N-methyl/N-ethyl adjacent to an activating group) is 1. The molecule has 0 spiro atoms. The number of hydrogen-bond donors (Lipinski definition) is 1. The fourth-order valence-corrected chi connectivity index (χ4v) is 3.95. The molecule has 1 aromatic heterocycles. The molecule has 2 aliphatic heterocycles. The lowest BCUT2D eigenvalue weighted by Crippen LogP contribution is -2.43. The lowest BCUT2D eigenvalue weighted by molar-refractivity contribution is 0.148. The summed E-state index contributed by atoms with van der Waals surface area (Å²) in [7, 11) is 2.20. The van der Waals surface area contributed by atoms with Crippen molar-refractivity contribution >= 4 is 0 Å². The van der Waals surface area contributed by atoms with E-state index in [-0.39, 0.29) is 0 Å². The van der Waals surface area contributed by atoms with E-state index in [1.807, 2.05) is 12.4 Å². The zero-order valence-corrected chi connectivity index (χ0v) is 15.7. The lowest BCUT2D eigenvalue weighted by atomic mass is 9.98. The molecular formula is C21H29N5. The first kappa shape index (κ1) is 17.6. The standard InChI is InChI=1S/C21H29N5/c1-25-9-11-26(12-10-25)16-18-5-2-3-7-20(18)19-14-23-21(24-15-19)17-6-4-8-22-13-17/h2-3,5,7,14-15,17,22H,4,6,8-13,16H2,1H3. The van der Waals surface area contributed by atoms with Crippen LogP contribution in [0.4, 0.5) is 0 Å². The van der Waals surface area contributed by atoms with Gasteiger partial charge in [0, 0.05) is 63.1 Å². The molecule has 2 aromatic rings. The van der Waals surface area contributed by atoms with Crippen LogP contribution in [0.2, 0.25) is 0 Å². The summed E-state index contributed by atoms with van der Waals surface area (Å²) in [6.07, 6.45) is 6.43. The van der Waals surface area contributed by atoms with Crippen LogP contribution in [0.25, 0.3) is 11.1 Å². The first-order valence-corrected chi connectivity index (χ1v) is 9.81. The van der Waals surface area contributed by atoms with E-state index in [0.717, 1.165) is 57.2 Å². The Morgan fingerprint density at radius 2 is 1.85 bits per heavy atom. The van der Waals surface area contributed by atoms with Gasteiger partial charge in [0.25, 0.3) is 0 Å². The number of hydrogen-bond acceptors (Lipinski definition) is 5. The van der Waals surface area contributed by atoms with Crippen LogP contribution in [0.15, 0.2) is 36.7 Å². The quantitative estimate of drug-likeness (QED) is 0.916. The minimum absolute atomic E-state index is 0.457. The maximum atomic E-state index is 4.71. The predicted octanol–water partition coefficient (Wildman–Crippen LogP) is 2.36. The average molecular weight is 351 g/mol. The third-order valence-electron chi connectivity index (χ3n) is 5.65. The van der Waals surface area contributed by atoms with Gasteiger partial charge < -0.3 is 10.2 Å². The summed E-state index contributed by atoms with van der Waals surface area (Å²) in [6.45, 7) is 7.68. The Morgan fingerprint density at radius 3 is 2.58 bits per heavy atom. The number of rotatable bonds is 4. The minimum Gasteiger partial charge on any atom is -0.316 e. The van der Waals surface area contributed by atoms with Crippen molar-refractivity contribution in [3.05, 3.63) is 48.0 Å². The van der Waals surface area contributed by atoms with Gasteiger partial charge in [0.1, 0.15) is 5.82 Å². The van der Waals surface area contributed by atoms with Crippen molar-refractivity contribution in [2.45, 2.75) is 25.3 Å². The molecule has 1 aromatic carbocycles. The molecule has 2 aliphatic rings. The van der Waals surface area contributed by atoms with Crippen molar-refractivity contribution in [3.63, 3.8) is 0 Å². The number of piperazine rings is 1. The van der Waals surface area contributed by atoms with Crippen LogP contribution in [-0.4, -0.2) is 66.1 Å². The normalized spacial score (nSPS) is 22.4. The second-order valence-electron chi connectivity index (χ2n) is 7.61.